The average Bonchev–Trinajstić information content (AvgIpc) is 2.47. The SMILES string of the molecule is Oc1cccc2ncc(C=Cc3ccc(Cl)cc3)cc12. The van der Waals surface area contributed by atoms with E-state index >= 15 is 0 Å². The molecule has 0 bridgehead atoms. The molecule has 2 aromatic carbocycles. The lowest BCUT2D eigenvalue weighted by molar-refractivity contribution is 0.481. The Morgan fingerprint density at radius 3 is 2.50 bits per heavy atom. The Bertz CT molecular complexity index is 779. The summed E-state index contributed by atoms with van der Waals surface area (Å²) < 4.78 is 0. The summed E-state index contributed by atoms with van der Waals surface area (Å²) in [6.45, 7) is 0. The number of benzene rings is 2. The molecule has 1 N–H and O–H groups in total. The zero-order chi connectivity index (χ0) is 13.9. The molecule has 2 nitrogen and oxygen atoms in total. The van der Waals surface area contributed by atoms with Crippen LogP contribution in [0.25, 0.3) is 23.1 Å². The number of hydrogen-bond donors (Lipinski definition) is 1. The highest BCUT2D eigenvalue weighted by Crippen LogP contribution is 2.24. The Morgan fingerprint density at radius 1 is 0.950 bits per heavy atom. The number of pyridine rings is 1. The molecule has 0 saturated carbocycles. The number of halogens is 1. The molecular formula is C17H12ClNO. The topological polar surface area (TPSA) is 33.1 Å². The van der Waals surface area contributed by atoms with Gasteiger partial charge in [0.25, 0.3) is 0 Å². The van der Waals surface area contributed by atoms with Crippen molar-refractivity contribution >= 4 is 34.7 Å². The minimum atomic E-state index is 0.247. The Kier molecular flexibility index (Phi) is 3.40. The predicted molar refractivity (Wildman–Crippen MR) is 83.8 cm³/mol. The summed E-state index contributed by atoms with van der Waals surface area (Å²) in [5.74, 6) is 0.247. The van der Waals surface area contributed by atoms with E-state index < -0.39 is 0 Å². The van der Waals surface area contributed by atoms with Gasteiger partial charge in [0.2, 0.25) is 0 Å². The molecule has 98 valence electrons. The first kappa shape index (κ1) is 12.7. The Morgan fingerprint density at radius 2 is 1.70 bits per heavy atom. The highest BCUT2D eigenvalue weighted by molar-refractivity contribution is 6.30. The van der Waals surface area contributed by atoms with Crippen molar-refractivity contribution < 1.29 is 5.11 Å². The monoisotopic (exact) mass is 281 g/mol. The number of fused-ring (bicyclic) bond motifs is 1. The fourth-order valence-corrected chi connectivity index (χ4v) is 2.13. The van der Waals surface area contributed by atoms with Gasteiger partial charge in [0.05, 0.1) is 5.52 Å². The fourth-order valence-electron chi connectivity index (χ4n) is 2.01. The molecule has 1 heterocycles. The molecule has 0 radical (unpaired) electrons. The zero-order valence-electron chi connectivity index (χ0n) is 10.6. The molecule has 0 spiro atoms. The molecule has 3 aromatic rings. The molecule has 0 fully saturated rings. The van der Waals surface area contributed by atoms with E-state index in [2.05, 4.69) is 4.98 Å². The summed E-state index contributed by atoms with van der Waals surface area (Å²) in [4.78, 5) is 4.34. The van der Waals surface area contributed by atoms with Gasteiger partial charge in [-0.1, -0.05) is 42.0 Å². The third kappa shape index (κ3) is 2.65. The van der Waals surface area contributed by atoms with Gasteiger partial charge >= 0.3 is 0 Å². The minimum absolute atomic E-state index is 0.247. The second-order valence-corrected chi connectivity index (χ2v) is 4.93. The van der Waals surface area contributed by atoms with Crippen LogP contribution in [0.1, 0.15) is 11.1 Å². The van der Waals surface area contributed by atoms with Gasteiger partial charge in [0.1, 0.15) is 5.75 Å². The number of phenols is 1. The second-order valence-electron chi connectivity index (χ2n) is 4.50. The summed E-state index contributed by atoms with van der Waals surface area (Å²) in [5, 5.41) is 11.3. The number of aromatic hydroxyl groups is 1. The van der Waals surface area contributed by atoms with E-state index in [9.17, 15) is 5.11 Å². The maximum Gasteiger partial charge on any atom is 0.124 e. The normalized spacial score (nSPS) is 11.2. The van der Waals surface area contributed by atoms with Gasteiger partial charge in [-0.05, 0) is 41.5 Å². The average molecular weight is 282 g/mol. The van der Waals surface area contributed by atoms with E-state index in [0.29, 0.717) is 0 Å². The molecule has 3 heteroatoms. The van der Waals surface area contributed by atoms with Crippen molar-refractivity contribution in [1.82, 2.24) is 4.98 Å². The van der Waals surface area contributed by atoms with Gasteiger partial charge in [0.15, 0.2) is 0 Å². The predicted octanol–water partition coefficient (Wildman–Crippen LogP) is 4.76. The molecule has 0 unspecified atom stereocenters. The highest BCUT2D eigenvalue weighted by atomic mass is 35.5. The number of hydrogen-bond acceptors (Lipinski definition) is 2. The van der Waals surface area contributed by atoms with E-state index in [0.717, 1.165) is 27.1 Å². The van der Waals surface area contributed by atoms with Gasteiger partial charge in [-0.2, -0.15) is 0 Å². The summed E-state index contributed by atoms with van der Waals surface area (Å²) in [7, 11) is 0. The molecule has 0 aliphatic carbocycles. The van der Waals surface area contributed by atoms with Crippen molar-refractivity contribution in [2.45, 2.75) is 0 Å². The van der Waals surface area contributed by atoms with Crippen LogP contribution in [0.4, 0.5) is 0 Å². The van der Waals surface area contributed by atoms with Crippen LogP contribution in [0.2, 0.25) is 5.02 Å². The Labute approximate surface area is 122 Å². The van der Waals surface area contributed by atoms with E-state index in [1.807, 2.05) is 48.6 Å². The van der Waals surface area contributed by atoms with Crippen molar-refractivity contribution in [3.63, 3.8) is 0 Å². The van der Waals surface area contributed by atoms with Gasteiger partial charge in [-0.3, -0.25) is 4.98 Å². The maximum atomic E-state index is 9.83. The van der Waals surface area contributed by atoms with E-state index in [4.69, 9.17) is 11.6 Å². The fraction of sp³-hybridized carbons (Fsp3) is 0. The van der Waals surface area contributed by atoms with Crippen LogP contribution in [0, 0.1) is 0 Å². The van der Waals surface area contributed by atoms with Crippen LogP contribution in [0.5, 0.6) is 5.75 Å². The zero-order valence-corrected chi connectivity index (χ0v) is 11.4. The standard InChI is InChI=1S/C17H12ClNO/c18-14-8-6-12(7-9-14)4-5-13-10-15-16(19-11-13)2-1-3-17(15)20/h1-11,20H. The Balaban J connectivity index is 1.94. The molecule has 0 amide bonds. The third-order valence-corrected chi connectivity index (χ3v) is 3.31. The summed E-state index contributed by atoms with van der Waals surface area (Å²) in [6.07, 6.45) is 5.73. The molecular weight excluding hydrogens is 270 g/mol. The van der Waals surface area contributed by atoms with Gasteiger partial charge in [-0.25, -0.2) is 0 Å². The second kappa shape index (κ2) is 5.35. The van der Waals surface area contributed by atoms with E-state index in [1.165, 1.54) is 0 Å². The van der Waals surface area contributed by atoms with Crippen LogP contribution in [-0.4, -0.2) is 10.1 Å². The minimum Gasteiger partial charge on any atom is -0.507 e. The van der Waals surface area contributed by atoms with Gasteiger partial charge in [-0.15, -0.1) is 0 Å². The van der Waals surface area contributed by atoms with Crippen molar-refractivity contribution in [3.05, 3.63) is 70.9 Å². The first-order valence-electron chi connectivity index (χ1n) is 6.24. The molecule has 3 rings (SSSR count). The number of rotatable bonds is 2. The number of aromatic nitrogens is 1. The van der Waals surface area contributed by atoms with E-state index in [-0.39, 0.29) is 5.75 Å². The van der Waals surface area contributed by atoms with Crippen LogP contribution in [0.3, 0.4) is 0 Å². The van der Waals surface area contributed by atoms with Crippen LogP contribution >= 0.6 is 11.6 Å². The van der Waals surface area contributed by atoms with Crippen LogP contribution in [0.15, 0.2) is 54.7 Å². The molecule has 0 aliphatic heterocycles. The lowest BCUT2D eigenvalue weighted by atomic mass is 10.1. The van der Waals surface area contributed by atoms with Gasteiger partial charge < -0.3 is 5.11 Å². The molecule has 1 aromatic heterocycles. The van der Waals surface area contributed by atoms with Crippen molar-refractivity contribution in [2.24, 2.45) is 0 Å². The number of phenolic OH excluding ortho intramolecular Hbond substituents is 1. The molecule has 0 saturated heterocycles. The summed E-state index contributed by atoms with van der Waals surface area (Å²) in [5.41, 5.74) is 2.79. The summed E-state index contributed by atoms with van der Waals surface area (Å²) in [6, 6.07) is 14.9. The first-order chi connectivity index (χ1) is 9.72. The molecule has 0 atom stereocenters. The molecule has 0 aliphatic rings. The maximum absolute atomic E-state index is 9.83. The third-order valence-electron chi connectivity index (χ3n) is 3.06. The number of nitrogens with zero attached hydrogens (tertiary/aromatic N) is 1. The lowest BCUT2D eigenvalue weighted by Gasteiger charge is -2.01. The first-order valence-corrected chi connectivity index (χ1v) is 6.61. The largest absolute Gasteiger partial charge is 0.507 e. The van der Waals surface area contributed by atoms with E-state index in [1.54, 1.807) is 18.3 Å². The summed E-state index contributed by atoms with van der Waals surface area (Å²) >= 11 is 5.85. The highest BCUT2D eigenvalue weighted by Gasteiger charge is 2.00. The van der Waals surface area contributed by atoms with Crippen molar-refractivity contribution in [3.8, 4) is 5.75 Å². The van der Waals surface area contributed by atoms with Gasteiger partial charge in [0, 0.05) is 16.6 Å². The lowest BCUT2D eigenvalue weighted by Crippen LogP contribution is -1.81. The van der Waals surface area contributed by atoms with Crippen LogP contribution in [-0.2, 0) is 0 Å². The van der Waals surface area contributed by atoms with Crippen molar-refractivity contribution in [2.75, 3.05) is 0 Å². The Hall–Kier alpha value is -2.32. The smallest absolute Gasteiger partial charge is 0.124 e. The van der Waals surface area contributed by atoms with Crippen LogP contribution < -0.4 is 0 Å². The molecule has 20 heavy (non-hydrogen) atoms. The quantitative estimate of drug-likeness (QED) is 0.734. The van der Waals surface area contributed by atoms with Crippen molar-refractivity contribution in [1.29, 1.82) is 0 Å².